The Bertz CT molecular complexity index is 602. The van der Waals surface area contributed by atoms with E-state index in [1.54, 1.807) is 0 Å². The van der Waals surface area contributed by atoms with Gasteiger partial charge in [0.05, 0.1) is 11.4 Å². The van der Waals surface area contributed by atoms with Gasteiger partial charge in [-0.1, -0.05) is 6.07 Å². The van der Waals surface area contributed by atoms with Crippen molar-refractivity contribution in [1.29, 1.82) is 0 Å². The fourth-order valence-corrected chi connectivity index (χ4v) is 3.16. The van der Waals surface area contributed by atoms with Crippen LogP contribution in [0, 0.1) is 0 Å². The average molecular weight is 284 g/mol. The molecule has 0 aliphatic carbocycles. The molecule has 0 radical (unpaired) electrons. The summed E-state index contributed by atoms with van der Waals surface area (Å²) in [6.07, 6.45) is 4.33. The first-order chi connectivity index (χ1) is 10.1. The summed E-state index contributed by atoms with van der Waals surface area (Å²) in [6.45, 7) is 6.90. The van der Waals surface area contributed by atoms with Crippen LogP contribution in [0.4, 0.5) is 0 Å². The fraction of sp³-hybridized carbons (Fsp3) is 0.529. The molecule has 1 aliphatic heterocycles. The van der Waals surface area contributed by atoms with Crippen molar-refractivity contribution in [2.24, 2.45) is 7.05 Å². The Hall–Kier alpha value is -1.68. The number of hydrogen-bond acceptors (Lipinski definition) is 3. The normalized spacial score (nSPS) is 20.1. The smallest absolute Gasteiger partial charge is 0.0886 e. The predicted molar refractivity (Wildman–Crippen MR) is 85.1 cm³/mol. The first-order valence-electron chi connectivity index (χ1n) is 7.84. The Kier molecular flexibility index (Phi) is 4.06. The SMILES string of the molecule is CC(C)N1CCCC(c2cccc(-c3ccnn3C)n2)C1. The number of pyridine rings is 1. The van der Waals surface area contributed by atoms with Crippen LogP contribution in [0.2, 0.25) is 0 Å². The standard InChI is InChI=1S/C17H24N4/c1-13(2)21-11-5-6-14(12-21)15-7-4-8-16(19-15)17-9-10-18-20(17)3/h4,7-10,13-14H,5-6,11-12H2,1-3H3. The maximum Gasteiger partial charge on any atom is 0.0886 e. The van der Waals surface area contributed by atoms with Gasteiger partial charge in [-0.15, -0.1) is 0 Å². The highest BCUT2D eigenvalue weighted by molar-refractivity contribution is 5.54. The molecule has 2 aromatic heterocycles. The Labute approximate surface area is 126 Å². The van der Waals surface area contributed by atoms with E-state index in [-0.39, 0.29) is 0 Å². The van der Waals surface area contributed by atoms with Gasteiger partial charge in [0.2, 0.25) is 0 Å². The van der Waals surface area contributed by atoms with Gasteiger partial charge in [0.15, 0.2) is 0 Å². The van der Waals surface area contributed by atoms with Gasteiger partial charge in [-0.2, -0.15) is 5.10 Å². The van der Waals surface area contributed by atoms with Gasteiger partial charge >= 0.3 is 0 Å². The van der Waals surface area contributed by atoms with Crippen molar-refractivity contribution in [1.82, 2.24) is 19.7 Å². The molecule has 1 unspecified atom stereocenters. The molecule has 3 rings (SSSR count). The molecule has 4 nitrogen and oxygen atoms in total. The zero-order valence-electron chi connectivity index (χ0n) is 13.2. The number of likely N-dealkylation sites (tertiary alicyclic amines) is 1. The predicted octanol–water partition coefficient (Wildman–Crippen LogP) is 3.07. The molecular formula is C17H24N4. The van der Waals surface area contributed by atoms with Crippen molar-refractivity contribution in [3.8, 4) is 11.4 Å². The van der Waals surface area contributed by atoms with E-state index in [0.717, 1.165) is 17.9 Å². The molecule has 2 aromatic rings. The molecule has 21 heavy (non-hydrogen) atoms. The second kappa shape index (κ2) is 5.98. The lowest BCUT2D eigenvalue weighted by Crippen LogP contribution is -2.39. The minimum absolute atomic E-state index is 0.550. The first kappa shape index (κ1) is 14.3. The lowest BCUT2D eigenvalue weighted by molar-refractivity contribution is 0.166. The maximum atomic E-state index is 4.91. The van der Waals surface area contributed by atoms with Crippen LogP contribution in [-0.4, -0.2) is 38.8 Å². The fourth-order valence-electron chi connectivity index (χ4n) is 3.16. The molecule has 112 valence electrons. The van der Waals surface area contributed by atoms with Crippen LogP contribution in [0.1, 0.15) is 38.3 Å². The zero-order chi connectivity index (χ0) is 14.8. The highest BCUT2D eigenvalue weighted by Gasteiger charge is 2.24. The highest BCUT2D eigenvalue weighted by atomic mass is 15.3. The summed E-state index contributed by atoms with van der Waals surface area (Å²) in [6, 6.07) is 9.01. The number of aryl methyl sites for hydroxylation is 1. The van der Waals surface area contributed by atoms with Gasteiger partial charge in [0.1, 0.15) is 0 Å². The van der Waals surface area contributed by atoms with Crippen LogP contribution in [-0.2, 0) is 7.05 Å². The van der Waals surface area contributed by atoms with Crippen molar-refractivity contribution in [2.45, 2.75) is 38.6 Å². The van der Waals surface area contributed by atoms with E-state index < -0.39 is 0 Å². The number of nitrogens with zero attached hydrogens (tertiary/aromatic N) is 4. The molecule has 0 aromatic carbocycles. The molecule has 0 amide bonds. The minimum Gasteiger partial charge on any atom is -0.300 e. The first-order valence-corrected chi connectivity index (χ1v) is 7.84. The molecule has 4 heteroatoms. The third-order valence-electron chi connectivity index (χ3n) is 4.46. The minimum atomic E-state index is 0.550. The second-order valence-electron chi connectivity index (χ2n) is 6.22. The molecule has 0 saturated carbocycles. The Morgan fingerprint density at radius 3 is 2.81 bits per heavy atom. The van der Waals surface area contributed by atoms with Gasteiger partial charge in [0.25, 0.3) is 0 Å². The molecule has 1 fully saturated rings. The third kappa shape index (κ3) is 3.00. The van der Waals surface area contributed by atoms with E-state index >= 15 is 0 Å². The van der Waals surface area contributed by atoms with E-state index in [1.165, 1.54) is 25.1 Å². The zero-order valence-corrected chi connectivity index (χ0v) is 13.2. The van der Waals surface area contributed by atoms with Crippen molar-refractivity contribution in [3.05, 3.63) is 36.2 Å². The molecule has 0 N–H and O–H groups in total. The summed E-state index contributed by atoms with van der Waals surface area (Å²) < 4.78 is 1.88. The summed E-state index contributed by atoms with van der Waals surface area (Å²) in [5.74, 6) is 0.550. The van der Waals surface area contributed by atoms with Crippen LogP contribution in [0.5, 0.6) is 0 Å². The van der Waals surface area contributed by atoms with Gasteiger partial charge in [-0.05, 0) is 51.4 Å². The Morgan fingerprint density at radius 2 is 2.10 bits per heavy atom. The number of hydrogen-bond donors (Lipinski definition) is 0. The van der Waals surface area contributed by atoms with E-state index in [0.29, 0.717) is 12.0 Å². The largest absolute Gasteiger partial charge is 0.300 e. The van der Waals surface area contributed by atoms with E-state index in [4.69, 9.17) is 4.98 Å². The maximum absolute atomic E-state index is 4.91. The molecular weight excluding hydrogens is 260 g/mol. The summed E-state index contributed by atoms with van der Waals surface area (Å²) in [5, 5.41) is 4.24. The number of piperidine rings is 1. The highest BCUT2D eigenvalue weighted by Crippen LogP contribution is 2.28. The van der Waals surface area contributed by atoms with Crippen molar-refractivity contribution in [2.75, 3.05) is 13.1 Å². The van der Waals surface area contributed by atoms with Crippen LogP contribution in [0.15, 0.2) is 30.5 Å². The monoisotopic (exact) mass is 284 g/mol. The van der Waals surface area contributed by atoms with Gasteiger partial charge in [0, 0.05) is 37.4 Å². The van der Waals surface area contributed by atoms with Crippen molar-refractivity contribution < 1.29 is 0 Å². The van der Waals surface area contributed by atoms with Crippen LogP contribution in [0.25, 0.3) is 11.4 Å². The average Bonchev–Trinajstić information content (AvgIpc) is 2.94. The van der Waals surface area contributed by atoms with E-state index in [9.17, 15) is 0 Å². The molecule has 1 saturated heterocycles. The Balaban J connectivity index is 1.84. The quantitative estimate of drug-likeness (QED) is 0.868. The molecule has 0 spiro atoms. The topological polar surface area (TPSA) is 34.0 Å². The summed E-state index contributed by atoms with van der Waals surface area (Å²) >= 11 is 0. The van der Waals surface area contributed by atoms with Crippen LogP contribution < -0.4 is 0 Å². The number of aromatic nitrogens is 3. The lowest BCUT2D eigenvalue weighted by Gasteiger charge is -2.35. The summed E-state index contributed by atoms with van der Waals surface area (Å²) in [5.41, 5.74) is 3.32. The molecule has 3 heterocycles. The van der Waals surface area contributed by atoms with Gasteiger partial charge in [-0.3, -0.25) is 9.67 Å². The second-order valence-corrected chi connectivity index (χ2v) is 6.22. The third-order valence-corrected chi connectivity index (χ3v) is 4.46. The number of rotatable bonds is 3. The van der Waals surface area contributed by atoms with Gasteiger partial charge in [-0.25, -0.2) is 0 Å². The molecule has 1 atom stereocenters. The van der Waals surface area contributed by atoms with E-state index in [1.807, 2.05) is 24.0 Å². The van der Waals surface area contributed by atoms with Gasteiger partial charge < -0.3 is 4.90 Å². The van der Waals surface area contributed by atoms with Crippen molar-refractivity contribution >= 4 is 0 Å². The lowest BCUT2D eigenvalue weighted by atomic mass is 9.93. The van der Waals surface area contributed by atoms with Crippen LogP contribution >= 0.6 is 0 Å². The van der Waals surface area contributed by atoms with Crippen molar-refractivity contribution in [3.63, 3.8) is 0 Å². The van der Waals surface area contributed by atoms with Crippen LogP contribution in [0.3, 0.4) is 0 Å². The van der Waals surface area contributed by atoms with E-state index in [2.05, 4.69) is 42.0 Å². The summed E-state index contributed by atoms with van der Waals surface area (Å²) in [7, 11) is 1.96. The Morgan fingerprint density at radius 1 is 1.24 bits per heavy atom. The molecule has 1 aliphatic rings. The molecule has 0 bridgehead atoms. The summed E-state index contributed by atoms with van der Waals surface area (Å²) in [4.78, 5) is 7.47.